The third-order valence-corrected chi connectivity index (χ3v) is 3.49. The van der Waals surface area contributed by atoms with E-state index >= 15 is 0 Å². The Morgan fingerprint density at radius 2 is 1.76 bits per heavy atom. The van der Waals surface area contributed by atoms with Gasteiger partial charge in [0.25, 0.3) is 0 Å². The van der Waals surface area contributed by atoms with Crippen LogP contribution in [0.3, 0.4) is 0 Å². The van der Waals surface area contributed by atoms with Gasteiger partial charge in [0.2, 0.25) is 0 Å². The first kappa shape index (κ1) is 13.6. The lowest BCUT2D eigenvalue weighted by Crippen LogP contribution is -2.02. The third-order valence-electron chi connectivity index (χ3n) is 3.49. The van der Waals surface area contributed by atoms with Crippen LogP contribution in [0.25, 0.3) is 10.8 Å². The van der Waals surface area contributed by atoms with E-state index in [1.165, 1.54) is 6.07 Å². The molecule has 0 atom stereocenters. The number of ether oxygens (including phenoxy) is 1. The lowest BCUT2D eigenvalue weighted by molar-refractivity contribution is 0.303. The minimum Gasteiger partial charge on any atom is -0.488 e. The molecule has 0 saturated carbocycles. The van der Waals surface area contributed by atoms with Crippen molar-refractivity contribution in [3.05, 3.63) is 77.6 Å². The number of nitrogens with two attached hydrogens (primary N) is 1. The Labute approximate surface area is 123 Å². The molecule has 2 N–H and O–H groups in total. The molecule has 2 nitrogen and oxygen atoms in total. The van der Waals surface area contributed by atoms with Gasteiger partial charge in [-0.15, -0.1) is 0 Å². The SMILES string of the molecule is NCc1ccc(COc2cccc3ccccc23)c(F)c1. The average molecular weight is 281 g/mol. The summed E-state index contributed by atoms with van der Waals surface area (Å²) in [6.07, 6.45) is 0. The van der Waals surface area contributed by atoms with Gasteiger partial charge in [-0.1, -0.05) is 48.5 Å². The van der Waals surface area contributed by atoms with Crippen molar-refractivity contribution in [2.24, 2.45) is 5.73 Å². The van der Waals surface area contributed by atoms with Gasteiger partial charge in [0.15, 0.2) is 0 Å². The summed E-state index contributed by atoms with van der Waals surface area (Å²) in [5, 5.41) is 2.13. The fraction of sp³-hybridized carbons (Fsp3) is 0.111. The highest BCUT2D eigenvalue weighted by atomic mass is 19.1. The number of hydrogen-bond acceptors (Lipinski definition) is 2. The van der Waals surface area contributed by atoms with Crippen LogP contribution < -0.4 is 10.5 Å². The summed E-state index contributed by atoms with van der Waals surface area (Å²) in [5.41, 5.74) is 6.81. The van der Waals surface area contributed by atoms with Crippen LogP contribution >= 0.6 is 0 Å². The zero-order chi connectivity index (χ0) is 14.7. The van der Waals surface area contributed by atoms with Gasteiger partial charge in [0.1, 0.15) is 18.2 Å². The Hall–Kier alpha value is -2.39. The van der Waals surface area contributed by atoms with Gasteiger partial charge in [-0.05, 0) is 23.1 Å². The first-order valence-electron chi connectivity index (χ1n) is 6.86. The average Bonchev–Trinajstić information content (AvgIpc) is 2.53. The molecule has 106 valence electrons. The van der Waals surface area contributed by atoms with E-state index in [4.69, 9.17) is 10.5 Å². The van der Waals surface area contributed by atoms with E-state index in [9.17, 15) is 4.39 Å². The van der Waals surface area contributed by atoms with Crippen molar-refractivity contribution < 1.29 is 9.13 Å². The zero-order valence-corrected chi connectivity index (χ0v) is 11.6. The van der Waals surface area contributed by atoms with Gasteiger partial charge in [-0.25, -0.2) is 4.39 Å². The summed E-state index contributed by atoms with van der Waals surface area (Å²) >= 11 is 0. The quantitative estimate of drug-likeness (QED) is 0.784. The van der Waals surface area contributed by atoms with Crippen molar-refractivity contribution in [3.8, 4) is 5.75 Å². The first-order chi connectivity index (χ1) is 10.3. The molecule has 0 amide bonds. The van der Waals surface area contributed by atoms with Gasteiger partial charge in [0.05, 0.1) is 0 Å². The van der Waals surface area contributed by atoms with Crippen molar-refractivity contribution in [2.75, 3.05) is 0 Å². The molecule has 0 aliphatic carbocycles. The molecule has 0 aliphatic rings. The molecular formula is C18H16FNO. The van der Waals surface area contributed by atoms with Crippen LogP contribution in [0.15, 0.2) is 60.7 Å². The summed E-state index contributed by atoms with van der Waals surface area (Å²) in [5.74, 6) is 0.480. The predicted octanol–water partition coefficient (Wildman–Crippen LogP) is 4.02. The highest BCUT2D eigenvalue weighted by Gasteiger charge is 2.06. The molecule has 0 saturated heterocycles. The van der Waals surface area contributed by atoms with Crippen LogP contribution in [0, 0.1) is 5.82 Å². The number of hydrogen-bond donors (Lipinski definition) is 1. The second-order valence-electron chi connectivity index (χ2n) is 4.90. The van der Waals surface area contributed by atoms with Crippen LogP contribution in [-0.2, 0) is 13.2 Å². The smallest absolute Gasteiger partial charge is 0.130 e. The maximum Gasteiger partial charge on any atom is 0.130 e. The van der Waals surface area contributed by atoms with Gasteiger partial charge < -0.3 is 10.5 Å². The Kier molecular flexibility index (Phi) is 3.84. The molecule has 0 bridgehead atoms. The second kappa shape index (κ2) is 5.94. The van der Waals surface area contributed by atoms with Crippen LogP contribution in [0.2, 0.25) is 0 Å². The van der Waals surface area contributed by atoms with Gasteiger partial charge >= 0.3 is 0 Å². The molecule has 0 aliphatic heterocycles. The van der Waals surface area contributed by atoms with Gasteiger partial charge in [-0.3, -0.25) is 0 Å². The molecule has 0 unspecified atom stereocenters. The summed E-state index contributed by atoms with van der Waals surface area (Å²) in [6, 6.07) is 18.8. The Bertz CT molecular complexity index is 765. The molecule has 3 aromatic rings. The lowest BCUT2D eigenvalue weighted by atomic mass is 10.1. The minimum absolute atomic E-state index is 0.199. The van der Waals surface area contributed by atoms with Crippen molar-refractivity contribution >= 4 is 10.8 Å². The van der Waals surface area contributed by atoms with Crippen molar-refractivity contribution in [1.29, 1.82) is 0 Å². The van der Waals surface area contributed by atoms with Crippen molar-refractivity contribution in [1.82, 2.24) is 0 Å². The number of rotatable bonds is 4. The molecule has 0 aromatic heterocycles. The summed E-state index contributed by atoms with van der Waals surface area (Å²) in [7, 11) is 0. The van der Waals surface area contributed by atoms with Gasteiger partial charge in [-0.2, -0.15) is 0 Å². The monoisotopic (exact) mass is 281 g/mol. The van der Waals surface area contributed by atoms with Crippen LogP contribution in [-0.4, -0.2) is 0 Å². The summed E-state index contributed by atoms with van der Waals surface area (Å²) < 4.78 is 19.7. The molecule has 0 radical (unpaired) electrons. The fourth-order valence-electron chi connectivity index (χ4n) is 2.31. The number of halogens is 1. The van der Waals surface area contributed by atoms with E-state index < -0.39 is 0 Å². The molecule has 0 fully saturated rings. The molecule has 0 heterocycles. The molecule has 3 aromatic carbocycles. The fourth-order valence-corrected chi connectivity index (χ4v) is 2.31. The van der Waals surface area contributed by atoms with E-state index in [0.717, 1.165) is 22.1 Å². The second-order valence-corrected chi connectivity index (χ2v) is 4.90. The Morgan fingerprint density at radius 1 is 0.952 bits per heavy atom. The van der Waals surface area contributed by atoms with E-state index in [0.29, 0.717) is 12.1 Å². The normalized spacial score (nSPS) is 10.8. The minimum atomic E-state index is -0.279. The van der Waals surface area contributed by atoms with Crippen LogP contribution in [0.1, 0.15) is 11.1 Å². The summed E-state index contributed by atoms with van der Waals surface area (Å²) in [4.78, 5) is 0. The first-order valence-corrected chi connectivity index (χ1v) is 6.86. The Balaban J connectivity index is 1.84. The highest BCUT2D eigenvalue weighted by molar-refractivity contribution is 5.88. The molecule has 3 heteroatoms. The number of benzene rings is 3. The van der Waals surface area contributed by atoms with Crippen LogP contribution in [0.5, 0.6) is 5.75 Å². The molecule has 3 rings (SSSR count). The number of fused-ring (bicyclic) bond motifs is 1. The Morgan fingerprint density at radius 3 is 2.57 bits per heavy atom. The molecular weight excluding hydrogens is 265 g/mol. The van der Waals surface area contributed by atoms with Gasteiger partial charge in [0, 0.05) is 17.5 Å². The van der Waals surface area contributed by atoms with E-state index in [-0.39, 0.29) is 12.4 Å². The lowest BCUT2D eigenvalue weighted by Gasteiger charge is -2.10. The maximum absolute atomic E-state index is 13.9. The predicted molar refractivity (Wildman–Crippen MR) is 82.6 cm³/mol. The van der Waals surface area contributed by atoms with Crippen LogP contribution in [0.4, 0.5) is 4.39 Å². The van der Waals surface area contributed by atoms with Crippen molar-refractivity contribution in [3.63, 3.8) is 0 Å². The molecule has 21 heavy (non-hydrogen) atoms. The van der Waals surface area contributed by atoms with Crippen molar-refractivity contribution in [2.45, 2.75) is 13.2 Å². The largest absolute Gasteiger partial charge is 0.488 e. The zero-order valence-electron chi connectivity index (χ0n) is 11.6. The van der Waals surface area contributed by atoms with E-state index in [1.54, 1.807) is 6.07 Å². The van der Waals surface area contributed by atoms with E-state index in [2.05, 4.69) is 0 Å². The summed E-state index contributed by atoms with van der Waals surface area (Å²) in [6.45, 7) is 0.534. The highest BCUT2D eigenvalue weighted by Crippen LogP contribution is 2.26. The molecule has 0 spiro atoms. The topological polar surface area (TPSA) is 35.2 Å². The standard InChI is InChI=1S/C18H16FNO/c19-17-10-13(11-20)8-9-15(17)12-21-18-7-3-5-14-4-1-2-6-16(14)18/h1-10H,11-12,20H2. The van der Waals surface area contributed by atoms with E-state index in [1.807, 2.05) is 48.5 Å². The maximum atomic E-state index is 13.9. The third kappa shape index (κ3) is 2.88.